The smallest absolute Gasteiger partial charge is 0.310 e. The summed E-state index contributed by atoms with van der Waals surface area (Å²) in [4.78, 5) is 15.3. The number of hydrogen-bond donors (Lipinski definition) is 1. The third kappa shape index (κ3) is 3.85. The van der Waals surface area contributed by atoms with E-state index in [1.807, 2.05) is 18.4 Å². The van der Waals surface area contributed by atoms with Crippen LogP contribution in [0.15, 0.2) is 23.6 Å². The van der Waals surface area contributed by atoms with Gasteiger partial charge in [0, 0.05) is 10.9 Å². The fourth-order valence-corrected chi connectivity index (χ4v) is 3.00. The van der Waals surface area contributed by atoms with Gasteiger partial charge in [0.05, 0.1) is 18.7 Å². The molecule has 118 valence electrons. The number of hydrogen-bond acceptors (Lipinski definition) is 4. The lowest BCUT2D eigenvalue weighted by Gasteiger charge is -2.14. The van der Waals surface area contributed by atoms with Gasteiger partial charge in [-0.05, 0) is 37.0 Å². The van der Waals surface area contributed by atoms with E-state index in [1.165, 1.54) is 16.9 Å². The zero-order valence-electron chi connectivity index (χ0n) is 13.1. The number of rotatable bonds is 7. The van der Waals surface area contributed by atoms with Gasteiger partial charge in [-0.15, -0.1) is 11.3 Å². The number of nitrogens with zero attached hydrogens (tertiary/aromatic N) is 1. The van der Waals surface area contributed by atoms with Gasteiger partial charge in [0.15, 0.2) is 0 Å². The summed E-state index contributed by atoms with van der Waals surface area (Å²) < 4.78 is 5.70. The first kappa shape index (κ1) is 16.5. The van der Waals surface area contributed by atoms with E-state index in [0.29, 0.717) is 17.5 Å². The molecule has 1 heterocycles. The van der Waals surface area contributed by atoms with Crippen molar-refractivity contribution in [3.05, 3.63) is 34.2 Å². The summed E-state index contributed by atoms with van der Waals surface area (Å²) in [5.41, 5.74) is 2.97. The highest BCUT2D eigenvalue weighted by Crippen LogP contribution is 2.34. The fourth-order valence-electron chi connectivity index (χ4n) is 2.22. The van der Waals surface area contributed by atoms with E-state index in [0.717, 1.165) is 23.4 Å². The van der Waals surface area contributed by atoms with E-state index in [-0.39, 0.29) is 6.42 Å². The number of aliphatic carboxylic acids is 1. The number of carboxylic acids is 1. The Morgan fingerprint density at radius 3 is 2.82 bits per heavy atom. The van der Waals surface area contributed by atoms with Crippen LogP contribution in [0.5, 0.6) is 5.75 Å². The van der Waals surface area contributed by atoms with Crippen molar-refractivity contribution >= 4 is 17.3 Å². The van der Waals surface area contributed by atoms with Crippen LogP contribution in [0, 0.1) is 0 Å². The number of carboxylic acid groups (broad SMARTS) is 1. The van der Waals surface area contributed by atoms with E-state index in [1.54, 1.807) is 0 Å². The minimum Gasteiger partial charge on any atom is -0.493 e. The molecular formula is C17H21NO3S. The van der Waals surface area contributed by atoms with Crippen LogP contribution in [0.1, 0.15) is 43.7 Å². The second-order valence-electron chi connectivity index (χ2n) is 5.19. The van der Waals surface area contributed by atoms with Gasteiger partial charge < -0.3 is 9.84 Å². The summed E-state index contributed by atoms with van der Waals surface area (Å²) >= 11 is 1.37. The standard InChI is InChI=1S/C17H21NO3S/c1-4-11(3)12-6-7-15(21-5-2)13(8-12)14-10-22-16(18-14)9-17(19)20/h6-8,10-11H,4-5,9H2,1-3H3,(H,19,20). The van der Waals surface area contributed by atoms with Crippen LogP contribution in [-0.4, -0.2) is 22.7 Å². The van der Waals surface area contributed by atoms with Gasteiger partial charge in [0.25, 0.3) is 0 Å². The van der Waals surface area contributed by atoms with Crippen LogP contribution in [0.25, 0.3) is 11.3 Å². The molecule has 0 saturated heterocycles. The quantitative estimate of drug-likeness (QED) is 0.824. The zero-order chi connectivity index (χ0) is 16.1. The van der Waals surface area contributed by atoms with Crippen LogP contribution < -0.4 is 4.74 Å². The Labute approximate surface area is 134 Å². The molecular weight excluding hydrogens is 298 g/mol. The molecule has 5 heteroatoms. The Balaban J connectivity index is 2.41. The van der Waals surface area contributed by atoms with Gasteiger partial charge in [-0.25, -0.2) is 4.98 Å². The highest BCUT2D eigenvalue weighted by Gasteiger charge is 2.14. The van der Waals surface area contributed by atoms with Crippen molar-refractivity contribution in [2.75, 3.05) is 6.61 Å². The zero-order valence-corrected chi connectivity index (χ0v) is 13.9. The number of benzene rings is 1. The third-order valence-electron chi connectivity index (χ3n) is 3.62. The summed E-state index contributed by atoms with van der Waals surface area (Å²) in [6.07, 6.45) is 1.02. The van der Waals surface area contributed by atoms with Crippen LogP contribution in [0.2, 0.25) is 0 Å². The van der Waals surface area contributed by atoms with Crippen molar-refractivity contribution in [2.24, 2.45) is 0 Å². The molecule has 2 aromatic rings. The van der Waals surface area contributed by atoms with E-state index in [9.17, 15) is 4.79 Å². The maximum Gasteiger partial charge on any atom is 0.310 e. The van der Waals surface area contributed by atoms with Crippen LogP contribution in [-0.2, 0) is 11.2 Å². The lowest BCUT2D eigenvalue weighted by Crippen LogP contribution is -2.00. The molecule has 1 unspecified atom stereocenters. The summed E-state index contributed by atoms with van der Waals surface area (Å²) in [6.45, 7) is 6.88. The lowest BCUT2D eigenvalue weighted by atomic mass is 9.96. The van der Waals surface area contributed by atoms with Gasteiger partial charge in [-0.2, -0.15) is 0 Å². The molecule has 0 aliphatic rings. The fraction of sp³-hybridized carbons (Fsp3) is 0.412. The van der Waals surface area contributed by atoms with Crippen molar-refractivity contribution in [3.8, 4) is 17.0 Å². The van der Waals surface area contributed by atoms with Gasteiger partial charge in [-0.3, -0.25) is 4.79 Å². The van der Waals surface area contributed by atoms with E-state index >= 15 is 0 Å². The van der Waals surface area contributed by atoms with Gasteiger partial charge in [-0.1, -0.05) is 19.9 Å². The average molecular weight is 319 g/mol. The third-order valence-corrected chi connectivity index (χ3v) is 4.46. The highest BCUT2D eigenvalue weighted by atomic mass is 32.1. The van der Waals surface area contributed by atoms with Crippen LogP contribution in [0.4, 0.5) is 0 Å². The largest absolute Gasteiger partial charge is 0.493 e. The monoisotopic (exact) mass is 319 g/mol. The Hall–Kier alpha value is -1.88. The van der Waals surface area contributed by atoms with Gasteiger partial charge >= 0.3 is 5.97 Å². The molecule has 1 N–H and O–H groups in total. The second-order valence-corrected chi connectivity index (χ2v) is 6.14. The molecule has 0 radical (unpaired) electrons. The first-order chi connectivity index (χ1) is 10.5. The molecule has 1 aromatic carbocycles. The summed E-state index contributed by atoms with van der Waals surface area (Å²) in [5.74, 6) is 0.396. The van der Waals surface area contributed by atoms with Crippen molar-refractivity contribution in [3.63, 3.8) is 0 Å². The molecule has 1 aromatic heterocycles. The number of thiazole rings is 1. The normalized spacial score (nSPS) is 12.1. The summed E-state index contributed by atoms with van der Waals surface area (Å²) in [7, 11) is 0. The van der Waals surface area contributed by atoms with E-state index < -0.39 is 5.97 Å². The Morgan fingerprint density at radius 1 is 1.41 bits per heavy atom. The van der Waals surface area contributed by atoms with Gasteiger partial charge in [0.1, 0.15) is 10.8 Å². The lowest BCUT2D eigenvalue weighted by molar-refractivity contribution is -0.136. The molecule has 0 bridgehead atoms. The molecule has 0 amide bonds. The molecule has 2 rings (SSSR count). The maximum atomic E-state index is 10.8. The second kappa shape index (κ2) is 7.40. The van der Waals surface area contributed by atoms with Crippen molar-refractivity contribution < 1.29 is 14.6 Å². The predicted octanol–water partition coefficient (Wildman–Crippen LogP) is 4.35. The van der Waals surface area contributed by atoms with Crippen molar-refractivity contribution in [1.82, 2.24) is 4.98 Å². The predicted molar refractivity (Wildman–Crippen MR) is 88.8 cm³/mol. The minimum absolute atomic E-state index is 0.0420. The van der Waals surface area contributed by atoms with Crippen molar-refractivity contribution in [2.45, 2.75) is 39.5 Å². The summed E-state index contributed by atoms with van der Waals surface area (Å²) in [5, 5.41) is 11.4. The molecule has 4 nitrogen and oxygen atoms in total. The molecule has 22 heavy (non-hydrogen) atoms. The number of ether oxygens (including phenoxy) is 1. The van der Waals surface area contributed by atoms with Gasteiger partial charge in [0.2, 0.25) is 0 Å². The molecule has 1 atom stereocenters. The molecule has 0 spiro atoms. The van der Waals surface area contributed by atoms with E-state index in [4.69, 9.17) is 9.84 Å². The molecule has 0 aliphatic heterocycles. The first-order valence-corrected chi connectivity index (χ1v) is 8.36. The molecule has 0 fully saturated rings. The maximum absolute atomic E-state index is 10.8. The van der Waals surface area contributed by atoms with E-state index in [2.05, 4.69) is 31.0 Å². The minimum atomic E-state index is -0.862. The van der Waals surface area contributed by atoms with Crippen LogP contribution in [0.3, 0.4) is 0 Å². The molecule has 0 aliphatic carbocycles. The number of carbonyl (C=O) groups is 1. The topological polar surface area (TPSA) is 59.4 Å². The summed E-state index contributed by atoms with van der Waals surface area (Å²) in [6, 6.07) is 6.18. The van der Waals surface area contributed by atoms with Crippen LogP contribution >= 0.6 is 11.3 Å². The highest BCUT2D eigenvalue weighted by molar-refractivity contribution is 7.10. The number of aromatic nitrogens is 1. The first-order valence-electron chi connectivity index (χ1n) is 7.48. The average Bonchev–Trinajstić information content (AvgIpc) is 2.94. The SMILES string of the molecule is CCOc1ccc(C(C)CC)cc1-c1csc(CC(=O)O)n1. The Kier molecular flexibility index (Phi) is 5.55. The Bertz CT molecular complexity index is 651. The van der Waals surface area contributed by atoms with Crippen molar-refractivity contribution in [1.29, 1.82) is 0 Å². The molecule has 0 saturated carbocycles. The Morgan fingerprint density at radius 2 is 2.18 bits per heavy atom.